The van der Waals surface area contributed by atoms with Gasteiger partial charge in [-0.15, -0.1) is 0 Å². The van der Waals surface area contributed by atoms with Crippen molar-refractivity contribution in [2.24, 2.45) is 5.73 Å². The molecule has 0 saturated carbocycles. The maximum Gasteiger partial charge on any atom is 0.320 e. The molecule has 16 heavy (non-hydrogen) atoms. The minimum Gasteiger partial charge on any atom is -0.508 e. The zero-order valence-corrected chi connectivity index (χ0v) is 10.3. The van der Waals surface area contributed by atoms with E-state index >= 15 is 0 Å². The first-order valence-electron chi connectivity index (χ1n) is 4.69. The number of phenols is 1. The van der Waals surface area contributed by atoms with E-state index in [4.69, 9.17) is 10.8 Å². The molecule has 0 amide bonds. The van der Waals surface area contributed by atoms with Crippen molar-refractivity contribution < 1.29 is 15.0 Å². The minimum absolute atomic E-state index is 0. The summed E-state index contributed by atoms with van der Waals surface area (Å²) in [6.07, 6.45) is 0.285. The molecular weight excluding hydrogens is 226 g/mol. The van der Waals surface area contributed by atoms with Crippen LogP contribution in [0.15, 0.2) is 12.1 Å². The fraction of sp³-hybridized carbons (Fsp3) is 0.364. The van der Waals surface area contributed by atoms with Gasteiger partial charge in [-0.3, -0.25) is 4.79 Å². The second-order valence-corrected chi connectivity index (χ2v) is 3.71. The molecule has 0 spiro atoms. The highest BCUT2D eigenvalue weighted by molar-refractivity contribution is 7.59. The average molecular weight is 243 g/mol. The Bertz CT molecular complexity index is 370. The SMILES string of the molecule is Cc1cc(O)cc(C)c1C[C@H](N)C(=O)O.S. The summed E-state index contributed by atoms with van der Waals surface area (Å²) in [4.78, 5) is 10.6. The molecule has 1 atom stereocenters. The van der Waals surface area contributed by atoms with Gasteiger partial charge in [0, 0.05) is 0 Å². The second-order valence-electron chi connectivity index (χ2n) is 3.71. The van der Waals surface area contributed by atoms with Gasteiger partial charge in [-0.25, -0.2) is 0 Å². The lowest BCUT2D eigenvalue weighted by molar-refractivity contribution is -0.138. The van der Waals surface area contributed by atoms with E-state index in [1.54, 1.807) is 12.1 Å². The number of aliphatic carboxylic acids is 1. The number of hydrogen-bond acceptors (Lipinski definition) is 3. The first kappa shape index (κ1) is 14.8. The molecule has 0 radical (unpaired) electrons. The van der Waals surface area contributed by atoms with Crippen LogP contribution >= 0.6 is 13.5 Å². The van der Waals surface area contributed by atoms with E-state index in [2.05, 4.69) is 0 Å². The number of benzene rings is 1. The maximum absolute atomic E-state index is 10.6. The number of rotatable bonds is 3. The number of aryl methyl sites for hydroxylation is 2. The predicted molar refractivity (Wildman–Crippen MR) is 67.3 cm³/mol. The minimum atomic E-state index is -1.01. The summed E-state index contributed by atoms with van der Waals surface area (Å²) in [5, 5.41) is 18.0. The van der Waals surface area contributed by atoms with Crippen LogP contribution in [-0.2, 0) is 11.2 Å². The van der Waals surface area contributed by atoms with Gasteiger partial charge >= 0.3 is 5.97 Å². The van der Waals surface area contributed by atoms with Crippen LogP contribution in [0.25, 0.3) is 0 Å². The number of carboxylic acid groups (broad SMARTS) is 1. The Morgan fingerprint density at radius 3 is 2.19 bits per heavy atom. The van der Waals surface area contributed by atoms with E-state index in [9.17, 15) is 9.90 Å². The van der Waals surface area contributed by atoms with Crippen LogP contribution in [0.5, 0.6) is 5.75 Å². The molecule has 0 aliphatic heterocycles. The summed E-state index contributed by atoms with van der Waals surface area (Å²) >= 11 is 0. The van der Waals surface area contributed by atoms with Crippen LogP contribution in [0.3, 0.4) is 0 Å². The summed E-state index contributed by atoms with van der Waals surface area (Å²) in [5.41, 5.74) is 8.08. The number of hydrogen-bond donors (Lipinski definition) is 3. The highest BCUT2D eigenvalue weighted by Gasteiger charge is 2.15. The molecule has 0 bridgehead atoms. The molecule has 4 nitrogen and oxygen atoms in total. The van der Waals surface area contributed by atoms with Crippen molar-refractivity contribution in [3.63, 3.8) is 0 Å². The molecule has 0 aromatic heterocycles. The molecule has 0 heterocycles. The quantitative estimate of drug-likeness (QED) is 0.741. The molecule has 1 rings (SSSR count). The Kier molecular flexibility index (Phi) is 5.33. The average Bonchev–Trinajstić information content (AvgIpc) is 2.10. The molecule has 4 N–H and O–H groups in total. The van der Waals surface area contributed by atoms with Crippen LogP contribution in [0.2, 0.25) is 0 Å². The van der Waals surface area contributed by atoms with Crippen molar-refractivity contribution in [1.29, 1.82) is 0 Å². The Balaban J connectivity index is 0.00000225. The topological polar surface area (TPSA) is 83.5 Å². The lowest BCUT2D eigenvalue weighted by Crippen LogP contribution is -2.32. The van der Waals surface area contributed by atoms with Crippen molar-refractivity contribution in [2.75, 3.05) is 0 Å². The van der Waals surface area contributed by atoms with Crippen LogP contribution < -0.4 is 5.73 Å². The summed E-state index contributed by atoms with van der Waals surface area (Å²) in [7, 11) is 0. The Hall–Kier alpha value is -1.20. The van der Waals surface area contributed by atoms with Gasteiger partial charge in [0.25, 0.3) is 0 Å². The summed E-state index contributed by atoms with van der Waals surface area (Å²) in [6, 6.07) is 2.32. The smallest absolute Gasteiger partial charge is 0.320 e. The molecule has 90 valence electrons. The van der Waals surface area contributed by atoms with Gasteiger partial charge in [0.1, 0.15) is 11.8 Å². The van der Waals surface area contributed by atoms with Crippen molar-refractivity contribution >= 4 is 19.5 Å². The van der Waals surface area contributed by atoms with Gasteiger partial charge in [-0.2, -0.15) is 13.5 Å². The third-order valence-electron chi connectivity index (χ3n) is 2.42. The monoisotopic (exact) mass is 243 g/mol. The van der Waals surface area contributed by atoms with Gasteiger partial charge in [0.2, 0.25) is 0 Å². The molecular formula is C11H17NO3S. The number of aromatic hydroxyl groups is 1. The van der Waals surface area contributed by atoms with Gasteiger partial charge in [0.05, 0.1) is 0 Å². The predicted octanol–water partition coefficient (Wildman–Crippen LogP) is 1.08. The maximum atomic E-state index is 10.6. The highest BCUT2D eigenvalue weighted by Crippen LogP contribution is 2.21. The number of nitrogens with two attached hydrogens (primary N) is 1. The summed E-state index contributed by atoms with van der Waals surface area (Å²) in [5.74, 6) is -0.820. The first-order valence-corrected chi connectivity index (χ1v) is 4.69. The lowest BCUT2D eigenvalue weighted by Gasteiger charge is -2.12. The molecule has 0 aliphatic carbocycles. The number of carbonyl (C=O) groups is 1. The molecule has 0 aliphatic rings. The van der Waals surface area contributed by atoms with Gasteiger partial charge < -0.3 is 15.9 Å². The van der Waals surface area contributed by atoms with Crippen LogP contribution in [0, 0.1) is 13.8 Å². The zero-order chi connectivity index (χ0) is 11.6. The van der Waals surface area contributed by atoms with Gasteiger partial charge in [-0.1, -0.05) is 0 Å². The fourth-order valence-electron chi connectivity index (χ4n) is 1.60. The largest absolute Gasteiger partial charge is 0.508 e. The Labute approximate surface area is 102 Å². The van der Waals surface area contributed by atoms with E-state index in [0.717, 1.165) is 16.7 Å². The molecule has 1 aromatic rings. The zero-order valence-electron chi connectivity index (χ0n) is 9.32. The number of carboxylic acids is 1. The summed E-state index contributed by atoms with van der Waals surface area (Å²) in [6.45, 7) is 3.66. The lowest BCUT2D eigenvalue weighted by atomic mass is 9.96. The normalized spacial score (nSPS) is 11.7. The van der Waals surface area contributed by atoms with Gasteiger partial charge in [-0.05, 0) is 49.1 Å². The molecule has 5 heteroatoms. The van der Waals surface area contributed by atoms with Crippen LogP contribution in [-0.4, -0.2) is 22.2 Å². The Morgan fingerprint density at radius 2 is 1.81 bits per heavy atom. The van der Waals surface area contributed by atoms with Gasteiger partial charge in [0.15, 0.2) is 0 Å². The van der Waals surface area contributed by atoms with Crippen LogP contribution in [0.1, 0.15) is 16.7 Å². The van der Waals surface area contributed by atoms with Crippen LogP contribution in [0.4, 0.5) is 0 Å². The van der Waals surface area contributed by atoms with E-state index in [1.165, 1.54) is 0 Å². The highest BCUT2D eigenvalue weighted by atomic mass is 32.1. The van der Waals surface area contributed by atoms with Crippen molar-refractivity contribution in [2.45, 2.75) is 26.3 Å². The fourth-order valence-corrected chi connectivity index (χ4v) is 1.60. The van der Waals surface area contributed by atoms with E-state index < -0.39 is 12.0 Å². The number of phenolic OH excluding ortho intramolecular Hbond substituents is 1. The Morgan fingerprint density at radius 1 is 1.38 bits per heavy atom. The third kappa shape index (κ3) is 3.43. The second kappa shape index (κ2) is 5.77. The summed E-state index contributed by atoms with van der Waals surface area (Å²) < 4.78 is 0. The molecule has 0 saturated heterocycles. The van der Waals surface area contributed by atoms with Crippen molar-refractivity contribution in [1.82, 2.24) is 0 Å². The van der Waals surface area contributed by atoms with Crippen molar-refractivity contribution in [3.05, 3.63) is 28.8 Å². The standard InChI is InChI=1S/C11H15NO3.H2S/c1-6-3-8(13)4-7(2)9(6)5-10(12)11(14)15;/h3-4,10,13H,5,12H2,1-2H3,(H,14,15);1H2/t10-;/m0./s1. The van der Waals surface area contributed by atoms with E-state index in [1.807, 2.05) is 13.8 Å². The van der Waals surface area contributed by atoms with Crippen molar-refractivity contribution in [3.8, 4) is 5.75 Å². The first-order chi connectivity index (χ1) is 6.91. The molecule has 0 fully saturated rings. The molecule has 1 aromatic carbocycles. The van der Waals surface area contributed by atoms with E-state index in [-0.39, 0.29) is 25.7 Å². The van der Waals surface area contributed by atoms with E-state index in [0.29, 0.717) is 0 Å². The molecule has 0 unspecified atom stereocenters. The third-order valence-corrected chi connectivity index (χ3v) is 2.42.